The van der Waals surface area contributed by atoms with Gasteiger partial charge in [-0.1, -0.05) is 66.2 Å². The van der Waals surface area contributed by atoms with Crippen molar-refractivity contribution in [2.75, 3.05) is 11.4 Å². The summed E-state index contributed by atoms with van der Waals surface area (Å²) in [7, 11) is 0. The minimum atomic E-state index is -0.971. The molecule has 0 aliphatic carbocycles. The van der Waals surface area contributed by atoms with E-state index in [0.717, 1.165) is 23.2 Å². The van der Waals surface area contributed by atoms with Gasteiger partial charge >= 0.3 is 5.97 Å². The highest BCUT2D eigenvalue weighted by Gasteiger charge is 2.30. The van der Waals surface area contributed by atoms with Crippen LogP contribution in [0.3, 0.4) is 0 Å². The van der Waals surface area contributed by atoms with Crippen molar-refractivity contribution < 1.29 is 19.1 Å². The minimum absolute atomic E-state index is 0.148. The number of carbonyl (C=O) groups excluding carboxylic acids is 3. The van der Waals surface area contributed by atoms with Gasteiger partial charge in [0.1, 0.15) is 0 Å². The van der Waals surface area contributed by atoms with Crippen molar-refractivity contribution >= 4 is 23.3 Å². The fraction of sp³-hybridized carbons (Fsp3) is 0.192. The van der Waals surface area contributed by atoms with Gasteiger partial charge in [0.25, 0.3) is 5.91 Å². The number of para-hydroxylation sites is 1. The number of rotatable bonds is 5. The summed E-state index contributed by atoms with van der Waals surface area (Å²) in [5, 5.41) is 0. The van der Waals surface area contributed by atoms with Crippen molar-refractivity contribution in [2.24, 2.45) is 0 Å². The van der Waals surface area contributed by atoms with Crippen LogP contribution in [0.4, 0.5) is 5.69 Å². The van der Waals surface area contributed by atoms with Gasteiger partial charge in [-0.05, 0) is 38.0 Å². The molecular weight excluding hydrogens is 390 g/mol. The van der Waals surface area contributed by atoms with E-state index in [9.17, 15) is 14.4 Å². The van der Waals surface area contributed by atoms with Crippen molar-refractivity contribution in [1.29, 1.82) is 0 Å². The molecule has 0 N–H and O–H groups in total. The van der Waals surface area contributed by atoms with E-state index in [1.54, 1.807) is 48.2 Å². The molecule has 3 aromatic rings. The summed E-state index contributed by atoms with van der Waals surface area (Å²) in [6, 6.07) is 21.4. The molecule has 0 bridgehead atoms. The highest BCUT2D eigenvalue weighted by molar-refractivity contribution is 6.14. The molecule has 0 spiro atoms. The van der Waals surface area contributed by atoms with Crippen LogP contribution in [0.2, 0.25) is 0 Å². The largest absolute Gasteiger partial charge is 0.449 e. The van der Waals surface area contributed by atoms with Gasteiger partial charge in [0.2, 0.25) is 0 Å². The Balaban J connectivity index is 1.52. The lowest BCUT2D eigenvalue weighted by molar-refractivity contribution is -0.126. The second kappa shape index (κ2) is 8.56. The van der Waals surface area contributed by atoms with E-state index in [0.29, 0.717) is 12.1 Å². The normalized spacial score (nSPS) is 13.4. The molecule has 1 heterocycles. The minimum Gasteiger partial charge on any atom is -0.449 e. The van der Waals surface area contributed by atoms with E-state index >= 15 is 0 Å². The number of anilines is 1. The Morgan fingerprint density at radius 3 is 2.26 bits per heavy atom. The molecule has 156 valence electrons. The van der Waals surface area contributed by atoms with Crippen LogP contribution in [0.15, 0.2) is 72.8 Å². The molecule has 5 nitrogen and oxygen atoms in total. The number of ether oxygens (including phenoxy) is 1. The zero-order valence-electron chi connectivity index (χ0n) is 17.5. The molecule has 1 amide bonds. The van der Waals surface area contributed by atoms with Gasteiger partial charge < -0.3 is 9.64 Å². The number of aryl methyl sites for hydroxylation is 1. The average molecular weight is 413 g/mol. The number of hydrogen-bond donors (Lipinski definition) is 0. The first-order chi connectivity index (χ1) is 15.0. The molecule has 1 aliphatic rings. The van der Waals surface area contributed by atoms with Gasteiger partial charge in [0.05, 0.1) is 5.56 Å². The lowest BCUT2D eigenvalue weighted by atomic mass is 9.98. The molecule has 0 aromatic heterocycles. The zero-order chi connectivity index (χ0) is 22.0. The third kappa shape index (κ3) is 4.12. The van der Waals surface area contributed by atoms with Crippen LogP contribution in [0.1, 0.15) is 44.3 Å². The Morgan fingerprint density at radius 1 is 0.871 bits per heavy atom. The lowest BCUT2D eigenvalue weighted by Gasteiger charge is -2.22. The van der Waals surface area contributed by atoms with Gasteiger partial charge in [-0.15, -0.1) is 0 Å². The van der Waals surface area contributed by atoms with E-state index in [-0.39, 0.29) is 22.8 Å². The molecule has 1 aliphatic heterocycles. The van der Waals surface area contributed by atoms with Gasteiger partial charge in [0.15, 0.2) is 11.9 Å². The highest BCUT2D eigenvalue weighted by Crippen LogP contribution is 2.28. The summed E-state index contributed by atoms with van der Waals surface area (Å²) in [6.45, 7) is 4.06. The fourth-order valence-electron chi connectivity index (χ4n) is 3.78. The monoisotopic (exact) mass is 413 g/mol. The van der Waals surface area contributed by atoms with Crippen LogP contribution in [-0.4, -0.2) is 30.3 Å². The van der Waals surface area contributed by atoms with Gasteiger partial charge in [-0.2, -0.15) is 0 Å². The molecule has 0 unspecified atom stereocenters. The summed E-state index contributed by atoms with van der Waals surface area (Å²) in [6.07, 6.45) is -0.197. The molecule has 0 fully saturated rings. The van der Waals surface area contributed by atoms with Crippen molar-refractivity contribution in [3.8, 4) is 0 Å². The van der Waals surface area contributed by atoms with Crippen LogP contribution in [0.5, 0.6) is 0 Å². The van der Waals surface area contributed by atoms with Crippen molar-refractivity contribution in [2.45, 2.75) is 26.4 Å². The predicted molar refractivity (Wildman–Crippen MR) is 118 cm³/mol. The zero-order valence-corrected chi connectivity index (χ0v) is 17.5. The first-order valence-corrected chi connectivity index (χ1v) is 10.3. The van der Waals surface area contributed by atoms with E-state index < -0.39 is 12.1 Å². The average Bonchev–Trinajstić information content (AvgIpc) is 3.22. The van der Waals surface area contributed by atoms with Crippen LogP contribution in [0, 0.1) is 6.92 Å². The summed E-state index contributed by atoms with van der Waals surface area (Å²) < 4.78 is 5.49. The van der Waals surface area contributed by atoms with E-state index in [1.807, 2.05) is 43.3 Å². The smallest absolute Gasteiger partial charge is 0.339 e. The van der Waals surface area contributed by atoms with Crippen LogP contribution in [0.25, 0.3) is 0 Å². The van der Waals surface area contributed by atoms with Gasteiger partial charge in [-0.3, -0.25) is 9.59 Å². The van der Waals surface area contributed by atoms with E-state index in [4.69, 9.17) is 4.74 Å². The Bertz CT molecular complexity index is 1150. The van der Waals surface area contributed by atoms with E-state index in [2.05, 4.69) is 0 Å². The molecular formula is C26H23NO4. The fourth-order valence-corrected chi connectivity index (χ4v) is 3.78. The van der Waals surface area contributed by atoms with E-state index in [1.165, 1.54) is 0 Å². The van der Waals surface area contributed by atoms with Crippen LogP contribution in [-0.2, 0) is 16.0 Å². The predicted octanol–water partition coefficient (Wildman–Crippen LogP) is 4.36. The molecule has 4 rings (SSSR count). The Labute approximate surface area is 181 Å². The second-order valence-corrected chi connectivity index (χ2v) is 7.66. The van der Waals surface area contributed by atoms with Crippen LogP contribution >= 0.6 is 0 Å². The molecule has 1 atom stereocenters. The lowest BCUT2D eigenvalue weighted by Crippen LogP contribution is -2.39. The molecule has 0 saturated heterocycles. The van der Waals surface area contributed by atoms with Crippen molar-refractivity contribution in [3.05, 3.63) is 101 Å². The SMILES string of the molecule is Cc1ccc(C(=O)c2ccccc2C(=O)O[C@@H](C)C(=O)N2CCc3ccccc32)cc1. The van der Waals surface area contributed by atoms with Crippen LogP contribution < -0.4 is 4.90 Å². The first-order valence-electron chi connectivity index (χ1n) is 10.3. The number of ketones is 1. The first kappa shape index (κ1) is 20.5. The highest BCUT2D eigenvalue weighted by atomic mass is 16.5. The Hall–Kier alpha value is -3.73. The van der Waals surface area contributed by atoms with Gasteiger partial charge in [-0.25, -0.2) is 4.79 Å². The molecule has 0 saturated carbocycles. The summed E-state index contributed by atoms with van der Waals surface area (Å²) in [5.41, 5.74) is 3.88. The number of hydrogen-bond acceptors (Lipinski definition) is 4. The Kier molecular flexibility index (Phi) is 5.67. The number of benzene rings is 3. The molecule has 3 aromatic carbocycles. The molecule has 31 heavy (non-hydrogen) atoms. The summed E-state index contributed by atoms with van der Waals surface area (Å²) in [5.74, 6) is -1.23. The quantitative estimate of drug-likeness (QED) is 0.461. The maximum Gasteiger partial charge on any atom is 0.339 e. The molecule has 5 heteroatoms. The summed E-state index contributed by atoms with van der Waals surface area (Å²) in [4.78, 5) is 40.4. The number of fused-ring (bicyclic) bond motifs is 1. The number of nitrogens with zero attached hydrogens (tertiary/aromatic N) is 1. The second-order valence-electron chi connectivity index (χ2n) is 7.66. The van der Waals surface area contributed by atoms with Crippen molar-refractivity contribution in [1.82, 2.24) is 0 Å². The van der Waals surface area contributed by atoms with Crippen molar-refractivity contribution in [3.63, 3.8) is 0 Å². The number of carbonyl (C=O) groups is 3. The third-order valence-corrected chi connectivity index (χ3v) is 5.49. The third-order valence-electron chi connectivity index (χ3n) is 5.49. The maximum atomic E-state index is 13.0. The molecule has 0 radical (unpaired) electrons. The number of esters is 1. The van der Waals surface area contributed by atoms with Gasteiger partial charge in [0, 0.05) is 23.4 Å². The number of amides is 1. The standard InChI is InChI=1S/C26H23NO4/c1-17-11-13-20(14-12-17)24(28)21-8-4-5-9-22(21)26(30)31-18(2)25(29)27-16-15-19-7-3-6-10-23(19)27/h3-14,18H,15-16H2,1-2H3/t18-/m0/s1. The summed E-state index contributed by atoms with van der Waals surface area (Å²) >= 11 is 0. The Morgan fingerprint density at radius 2 is 1.52 bits per heavy atom. The topological polar surface area (TPSA) is 63.7 Å². The maximum absolute atomic E-state index is 13.0.